The number of benzene rings is 1. The second-order valence-corrected chi connectivity index (χ2v) is 6.83. The van der Waals surface area contributed by atoms with E-state index in [1.54, 1.807) is 7.11 Å². The van der Waals surface area contributed by atoms with Crippen molar-refractivity contribution in [3.05, 3.63) is 35.9 Å². The third kappa shape index (κ3) is 6.94. The second kappa shape index (κ2) is 11.2. The van der Waals surface area contributed by atoms with Gasteiger partial charge in [0.05, 0.1) is 19.1 Å². The Morgan fingerprint density at radius 1 is 1.23 bits per heavy atom. The topological polar surface area (TPSA) is 79.5 Å². The smallest absolute Gasteiger partial charge is 0.222 e. The van der Waals surface area contributed by atoms with Crippen molar-refractivity contribution >= 4 is 24.2 Å². The highest BCUT2D eigenvalue weighted by Crippen LogP contribution is 2.28. The summed E-state index contributed by atoms with van der Waals surface area (Å²) in [5, 5.41) is 9.26. The minimum absolute atomic E-state index is 0. The molecule has 2 amide bonds. The van der Waals surface area contributed by atoms with Gasteiger partial charge in [0.1, 0.15) is 0 Å². The average Bonchev–Trinajstić information content (AvgIpc) is 2.61. The monoisotopic (exact) mass is 383 g/mol. The third-order valence-electron chi connectivity index (χ3n) is 4.74. The van der Waals surface area contributed by atoms with Crippen LogP contribution in [-0.4, -0.2) is 45.2 Å². The van der Waals surface area contributed by atoms with Crippen molar-refractivity contribution < 1.29 is 14.3 Å². The predicted molar refractivity (Wildman–Crippen MR) is 104 cm³/mol. The summed E-state index contributed by atoms with van der Waals surface area (Å²) in [6.07, 6.45) is 2.19. The maximum absolute atomic E-state index is 12.5. The third-order valence-corrected chi connectivity index (χ3v) is 4.74. The summed E-state index contributed by atoms with van der Waals surface area (Å²) >= 11 is 0. The predicted octanol–water partition coefficient (Wildman–Crippen LogP) is 1.81. The molecule has 1 saturated heterocycles. The minimum atomic E-state index is -0.315. The lowest BCUT2D eigenvalue weighted by atomic mass is 9.79. The van der Waals surface area contributed by atoms with E-state index < -0.39 is 0 Å². The first kappa shape index (κ1) is 22.4. The van der Waals surface area contributed by atoms with Gasteiger partial charge in [-0.15, -0.1) is 12.4 Å². The molecule has 26 heavy (non-hydrogen) atoms. The van der Waals surface area contributed by atoms with Crippen LogP contribution >= 0.6 is 12.4 Å². The van der Waals surface area contributed by atoms with Crippen molar-refractivity contribution in [3.8, 4) is 0 Å². The van der Waals surface area contributed by atoms with Crippen LogP contribution in [0.25, 0.3) is 0 Å². The molecule has 1 aromatic carbocycles. The summed E-state index contributed by atoms with van der Waals surface area (Å²) < 4.78 is 5.38. The van der Waals surface area contributed by atoms with Crippen LogP contribution in [0.15, 0.2) is 30.3 Å². The van der Waals surface area contributed by atoms with Crippen LogP contribution in [-0.2, 0) is 14.3 Å². The van der Waals surface area contributed by atoms with Crippen LogP contribution in [0, 0.1) is 5.41 Å². The number of carbonyl (C=O) groups excluding carboxylic acids is 2. The van der Waals surface area contributed by atoms with Crippen molar-refractivity contribution in [1.29, 1.82) is 0 Å². The molecule has 1 aliphatic rings. The van der Waals surface area contributed by atoms with Gasteiger partial charge in [-0.1, -0.05) is 30.3 Å². The van der Waals surface area contributed by atoms with E-state index in [9.17, 15) is 9.59 Å². The fourth-order valence-electron chi connectivity index (χ4n) is 3.36. The highest BCUT2D eigenvalue weighted by molar-refractivity contribution is 5.85. The average molecular weight is 384 g/mol. The molecule has 1 heterocycles. The lowest BCUT2D eigenvalue weighted by Crippen LogP contribution is -2.47. The van der Waals surface area contributed by atoms with E-state index in [1.807, 2.05) is 30.3 Å². The van der Waals surface area contributed by atoms with E-state index in [0.29, 0.717) is 13.2 Å². The molecule has 146 valence electrons. The van der Waals surface area contributed by atoms with Gasteiger partial charge in [0.2, 0.25) is 11.8 Å². The SMILES string of the molecule is COCC1(CNC(=O)CC(NC(C)=O)c2ccccc2)CCNCC1.Cl. The molecular formula is C19H30ClN3O3. The quantitative estimate of drug-likeness (QED) is 0.639. The first-order chi connectivity index (χ1) is 12.0. The molecule has 0 spiro atoms. The standard InChI is InChI=1S/C19H29N3O3.ClH/c1-15(23)22-17(16-6-4-3-5-7-16)12-18(24)21-13-19(14-25-2)8-10-20-11-9-19;/h3-7,17,20H,8-14H2,1-2H3,(H,21,24)(H,22,23);1H. The summed E-state index contributed by atoms with van der Waals surface area (Å²) in [5.41, 5.74) is 0.924. The second-order valence-electron chi connectivity index (χ2n) is 6.83. The Kier molecular flexibility index (Phi) is 9.62. The Hall–Kier alpha value is -1.63. The van der Waals surface area contributed by atoms with Crippen molar-refractivity contribution in [1.82, 2.24) is 16.0 Å². The summed E-state index contributed by atoms with van der Waals surface area (Å²) in [6, 6.07) is 9.26. The molecule has 0 aromatic heterocycles. The molecule has 1 unspecified atom stereocenters. The first-order valence-corrected chi connectivity index (χ1v) is 8.83. The van der Waals surface area contributed by atoms with Gasteiger partial charge >= 0.3 is 0 Å². The molecule has 6 nitrogen and oxygen atoms in total. The molecule has 3 N–H and O–H groups in total. The Morgan fingerprint density at radius 2 is 1.88 bits per heavy atom. The van der Waals surface area contributed by atoms with Crippen molar-refractivity contribution in [2.24, 2.45) is 5.41 Å². The summed E-state index contributed by atoms with van der Waals surface area (Å²) in [5.74, 6) is -0.201. The molecule has 1 atom stereocenters. The Morgan fingerprint density at radius 3 is 2.46 bits per heavy atom. The zero-order valence-electron chi connectivity index (χ0n) is 15.5. The lowest BCUT2D eigenvalue weighted by Gasteiger charge is -2.37. The number of halogens is 1. The fourth-order valence-corrected chi connectivity index (χ4v) is 3.36. The minimum Gasteiger partial charge on any atom is -0.384 e. The molecule has 1 aliphatic heterocycles. The highest BCUT2D eigenvalue weighted by Gasteiger charge is 2.32. The number of nitrogens with one attached hydrogen (secondary N) is 3. The molecule has 0 bridgehead atoms. The normalized spacial score (nSPS) is 16.8. The molecule has 0 saturated carbocycles. The number of methoxy groups -OCH3 is 1. The van der Waals surface area contributed by atoms with Gasteiger partial charge in [0, 0.05) is 26.0 Å². The molecule has 0 radical (unpaired) electrons. The van der Waals surface area contributed by atoms with Crippen molar-refractivity contribution in [3.63, 3.8) is 0 Å². The van der Waals surface area contributed by atoms with Crippen molar-refractivity contribution in [2.45, 2.75) is 32.2 Å². The number of ether oxygens (including phenoxy) is 1. The molecule has 1 fully saturated rings. The fraction of sp³-hybridized carbons (Fsp3) is 0.579. The van der Waals surface area contributed by atoms with E-state index in [2.05, 4.69) is 16.0 Å². The zero-order valence-corrected chi connectivity index (χ0v) is 16.4. The van der Waals surface area contributed by atoms with Crippen LogP contribution in [0.2, 0.25) is 0 Å². The van der Waals surface area contributed by atoms with Gasteiger partial charge in [-0.25, -0.2) is 0 Å². The van der Waals surface area contributed by atoms with Crippen LogP contribution < -0.4 is 16.0 Å². The van der Waals surface area contributed by atoms with E-state index >= 15 is 0 Å². The number of carbonyl (C=O) groups is 2. The van der Waals surface area contributed by atoms with Gasteiger partial charge < -0.3 is 20.7 Å². The molecule has 0 aliphatic carbocycles. The van der Waals surface area contributed by atoms with Crippen LogP contribution in [0.1, 0.15) is 37.8 Å². The van der Waals surface area contributed by atoms with Gasteiger partial charge in [-0.2, -0.15) is 0 Å². The number of hydrogen-bond donors (Lipinski definition) is 3. The maximum atomic E-state index is 12.5. The van der Waals surface area contributed by atoms with E-state index in [0.717, 1.165) is 31.5 Å². The summed E-state index contributed by atoms with van der Waals surface area (Å²) in [7, 11) is 1.70. The largest absolute Gasteiger partial charge is 0.384 e. The van der Waals surface area contributed by atoms with E-state index in [1.165, 1.54) is 6.92 Å². The highest BCUT2D eigenvalue weighted by atomic mass is 35.5. The first-order valence-electron chi connectivity index (χ1n) is 8.83. The molecule has 7 heteroatoms. The van der Waals surface area contributed by atoms with Crippen LogP contribution in [0.3, 0.4) is 0 Å². The van der Waals surface area contributed by atoms with Crippen LogP contribution in [0.5, 0.6) is 0 Å². The van der Waals surface area contributed by atoms with Gasteiger partial charge in [-0.3, -0.25) is 9.59 Å². The van der Waals surface area contributed by atoms with E-state index in [-0.39, 0.29) is 42.1 Å². The molecule has 1 aromatic rings. The Balaban J connectivity index is 0.00000338. The maximum Gasteiger partial charge on any atom is 0.222 e. The van der Waals surface area contributed by atoms with Crippen LogP contribution in [0.4, 0.5) is 0 Å². The lowest BCUT2D eigenvalue weighted by molar-refractivity contribution is -0.123. The summed E-state index contributed by atoms with van der Waals surface area (Å²) in [4.78, 5) is 24.0. The van der Waals surface area contributed by atoms with Gasteiger partial charge in [0.15, 0.2) is 0 Å². The molecule has 2 rings (SSSR count). The zero-order chi connectivity index (χ0) is 18.1. The molecular weight excluding hydrogens is 354 g/mol. The van der Waals surface area contributed by atoms with Gasteiger partial charge in [-0.05, 0) is 31.5 Å². The number of rotatable bonds is 8. The Labute approximate surface area is 161 Å². The van der Waals surface area contributed by atoms with Crippen molar-refractivity contribution in [2.75, 3.05) is 33.4 Å². The van der Waals surface area contributed by atoms with Gasteiger partial charge in [0.25, 0.3) is 0 Å². The Bertz CT molecular complexity index is 557. The number of hydrogen-bond acceptors (Lipinski definition) is 4. The van der Waals surface area contributed by atoms with E-state index in [4.69, 9.17) is 4.74 Å². The summed E-state index contributed by atoms with van der Waals surface area (Å²) in [6.45, 7) is 4.59. The number of amides is 2. The number of piperidine rings is 1.